The van der Waals surface area contributed by atoms with E-state index in [-0.39, 0.29) is 79.2 Å². The van der Waals surface area contributed by atoms with Crippen molar-refractivity contribution in [3.8, 4) is 44.5 Å². The number of benzene rings is 4. The van der Waals surface area contributed by atoms with Gasteiger partial charge in [0.1, 0.15) is 0 Å². The number of hydrogen-bond donors (Lipinski definition) is 2. The molecule has 4 aromatic carbocycles. The quantitative estimate of drug-likeness (QED) is 0.0978. The van der Waals surface area contributed by atoms with Crippen LogP contribution in [0.2, 0.25) is 0 Å². The Morgan fingerprint density at radius 2 is 0.688 bits per heavy atom. The normalized spacial score (nSPS) is 11.9. The van der Waals surface area contributed by atoms with Crippen LogP contribution in [0.5, 0.6) is 0 Å². The highest BCUT2D eigenvalue weighted by atomic mass is 19.2. The molecular formula is C48H26F8N4O4. The summed E-state index contributed by atoms with van der Waals surface area (Å²) in [7, 11) is 2.38. The second kappa shape index (κ2) is 16.0. The molecule has 0 amide bonds. The highest BCUT2D eigenvalue weighted by molar-refractivity contribution is 6.01. The van der Waals surface area contributed by atoms with E-state index in [2.05, 4.69) is 9.97 Å². The van der Waals surface area contributed by atoms with E-state index in [0.717, 1.165) is 0 Å². The van der Waals surface area contributed by atoms with Gasteiger partial charge in [-0.3, -0.25) is 0 Å². The van der Waals surface area contributed by atoms with Gasteiger partial charge in [0.2, 0.25) is 0 Å². The number of ether oxygens (including phenoxy) is 2. The summed E-state index contributed by atoms with van der Waals surface area (Å²) in [6.07, 6.45) is 5.56. The monoisotopic (exact) mass is 874 g/mol. The Bertz CT molecular complexity index is 3100. The van der Waals surface area contributed by atoms with Crippen LogP contribution in [-0.4, -0.2) is 46.1 Å². The van der Waals surface area contributed by atoms with E-state index in [0.29, 0.717) is 11.1 Å². The lowest BCUT2D eigenvalue weighted by Crippen LogP contribution is -2.01. The van der Waals surface area contributed by atoms with Gasteiger partial charge < -0.3 is 19.4 Å². The molecule has 9 rings (SSSR count). The van der Waals surface area contributed by atoms with Crippen molar-refractivity contribution >= 4 is 58.3 Å². The summed E-state index contributed by atoms with van der Waals surface area (Å²) in [5.41, 5.74) is -1.63. The van der Waals surface area contributed by atoms with Gasteiger partial charge >= 0.3 is 11.9 Å². The van der Waals surface area contributed by atoms with E-state index in [4.69, 9.17) is 19.4 Å². The lowest BCUT2D eigenvalue weighted by Gasteiger charge is -2.10. The van der Waals surface area contributed by atoms with Gasteiger partial charge in [0, 0.05) is 56.5 Å². The average Bonchev–Trinajstić information content (AvgIpc) is 4.15. The van der Waals surface area contributed by atoms with E-state index in [1.54, 1.807) is 0 Å². The maximum Gasteiger partial charge on any atom is 0.337 e. The number of carbonyl (C=O) groups is 2. The molecule has 64 heavy (non-hydrogen) atoms. The zero-order valence-electron chi connectivity index (χ0n) is 32.9. The van der Waals surface area contributed by atoms with Crippen molar-refractivity contribution in [3.05, 3.63) is 165 Å². The van der Waals surface area contributed by atoms with E-state index in [1.807, 2.05) is 0 Å². The van der Waals surface area contributed by atoms with Crippen LogP contribution in [-0.2, 0) is 9.47 Å². The maximum atomic E-state index is 15.9. The van der Waals surface area contributed by atoms with Gasteiger partial charge in [-0.1, -0.05) is 24.3 Å². The predicted molar refractivity (Wildman–Crippen MR) is 223 cm³/mol. The molecule has 2 aliphatic rings. The second-order valence-corrected chi connectivity index (χ2v) is 14.3. The minimum atomic E-state index is -1.72. The molecule has 0 saturated carbocycles. The number of carbonyl (C=O) groups excluding carboxylic acids is 2. The van der Waals surface area contributed by atoms with Crippen molar-refractivity contribution in [2.24, 2.45) is 0 Å². The molecule has 3 aromatic heterocycles. The Hall–Kier alpha value is -8.14. The smallest absolute Gasteiger partial charge is 0.337 e. The number of aromatic nitrogens is 4. The van der Waals surface area contributed by atoms with Gasteiger partial charge in [0.05, 0.1) is 59.2 Å². The van der Waals surface area contributed by atoms with Crippen molar-refractivity contribution < 1.29 is 54.2 Å². The first-order chi connectivity index (χ1) is 30.8. The first-order valence-electron chi connectivity index (χ1n) is 19.0. The number of hydrogen-bond acceptors (Lipinski definition) is 6. The van der Waals surface area contributed by atoms with Crippen LogP contribution < -0.4 is 0 Å². The van der Waals surface area contributed by atoms with Gasteiger partial charge in [-0.15, -0.1) is 0 Å². The standard InChI is InChI=1S/C48H26F8N4O4/c1-63-47(61)23-7-3-21(4-8-23)37-29-11-15-33(57-29)39(41-43(53)25(49)19-26(50)44(41)54)35-17-13-31(59-35)38(22-5-9-24(10-6-22)48(62)64-2)32-14-18-36(60-32)40(34-16-12-30(37)58-34)42-45(55)27(51)20-28(52)46(42)56/h3-20,57,60H,1-2H3. The Kier molecular flexibility index (Phi) is 10.3. The van der Waals surface area contributed by atoms with Crippen LogP contribution >= 0.6 is 0 Å². The van der Waals surface area contributed by atoms with Gasteiger partial charge in [-0.2, -0.15) is 0 Å². The summed E-state index contributed by atoms with van der Waals surface area (Å²) in [5.74, 6) is -14.9. The number of aromatic amines is 2. The van der Waals surface area contributed by atoms with Crippen molar-refractivity contribution in [2.75, 3.05) is 14.2 Å². The lowest BCUT2D eigenvalue weighted by molar-refractivity contribution is 0.0592. The summed E-state index contributed by atoms with van der Waals surface area (Å²) in [6, 6.07) is 17.6. The lowest BCUT2D eigenvalue weighted by atomic mass is 10.0. The molecule has 318 valence electrons. The van der Waals surface area contributed by atoms with Crippen LogP contribution in [0.1, 0.15) is 43.5 Å². The van der Waals surface area contributed by atoms with Crippen LogP contribution in [0.4, 0.5) is 35.1 Å². The fourth-order valence-electron chi connectivity index (χ4n) is 7.71. The molecule has 0 unspecified atom stereocenters. The fraction of sp³-hybridized carbons (Fsp3) is 0.0417. The molecule has 0 spiro atoms. The third-order valence-electron chi connectivity index (χ3n) is 10.7. The molecule has 0 saturated heterocycles. The van der Waals surface area contributed by atoms with Crippen molar-refractivity contribution in [1.82, 2.24) is 19.9 Å². The number of fused-ring (bicyclic) bond motifs is 8. The SMILES string of the molecule is COC(=O)c1ccc(-c2c3nc(c(-c4c(F)c(F)cc(F)c4F)c4ccc([nH]4)c(-c4ccc(C(=O)OC)cc4)c4nc(c(-c5c(F)c(F)cc(F)c5F)c5ccc2[nH]5)C=C4)C=C3)cc1. The summed E-state index contributed by atoms with van der Waals surface area (Å²) >= 11 is 0. The minimum absolute atomic E-state index is 0.0741. The summed E-state index contributed by atoms with van der Waals surface area (Å²) in [4.78, 5) is 40.3. The highest BCUT2D eigenvalue weighted by Gasteiger charge is 2.28. The van der Waals surface area contributed by atoms with Gasteiger partial charge in [0.25, 0.3) is 0 Å². The Labute approximate surface area is 355 Å². The Morgan fingerprint density at radius 3 is 0.984 bits per heavy atom. The molecule has 5 heterocycles. The number of H-pyrrole nitrogens is 2. The third kappa shape index (κ3) is 6.88. The summed E-state index contributed by atoms with van der Waals surface area (Å²) < 4.78 is 133. The number of halogens is 8. The molecule has 0 atom stereocenters. The Morgan fingerprint density at radius 1 is 0.406 bits per heavy atom. The highest BCUT2D eigenvalue weighted by Crippen LogP contribution is 2.41. The molecular weight excluding hydrogens is 849 g/mol. The zero-order chi connectivity index (χ0) is 45.1. The molecule has 2 aliphatic heterocycles. The second-order valence-electron chi connectivity index (χ2n) is 14.3. The van der Waals surface area contributed by atoms with Crippen LogP contribution in [0.25, 0.3) is 90.9 Å². The molecule has 0 radical (unpaired) electrons. The van der Waals surface area contributed by atoms with E-state index >= 15 is 35.1 Å². The van der Waals surface area contributed by atoms with Crippen LogP contribution in [0.15, 0.2) is 84.9 Å². The molecule has 0 aliphatic carbocycles. The topological polar surface area (TPSA) is 110 Å². The molecule has 8 bridgehead atoms. The fourth-order valence-corrected chi connectivity index (χ4v) is 7.71. The van der Waals surface area contributed by atoms with E-state index in [9.17, 15) is 9.59 Å². The number of esters is 2. The molecule has 2 N–H and O–H groups in total. The van der Waals surface area contributed by atoms with Gasteiger partial charge in [-0.05, 0) is 84.0 Å². The molecule has 16 heteroatoms. The average molecular weight is 875 g/mol. The largest absolute Gasteiger partial charge is 0.465 e. The first kappa shape index (κ1) is 41.2. The first-order valence-corrected chi connectivity index (χ1v) is 19.0. The predicted octanol–water partition coefficient (Wildman–Crippen LogP) is 12.0. The van der Waals surface area contributed by atoms with Gasteiger partial charge in [-0.25, -0.2) is 54.7 Å². The molecule has 0 fully saturated rings. The third-order valence-corrected chi connectivity index (χ3v) is 10.7. The number of methoxy groups -OCH3 is 2. The Balaban J connectivity index is 1.49. The van der Waals surface area contributed by atoms with Crippen LogP contribution in [0, 0.1) is 46.5 Å². The van der Waals surface area contributed by atoms with E-state index in [1.165, 1.54) is 111 Å². The number of rotatable bonds is 6. The van der Waals surface area contributed by atoms with E-state index < -0.39 is 80.7 Å². The summed E-state index contributed by atoms with van der Waals surface area (Å²) in [6.45, 7) is 0. The zero-order valence-corrected chi connectivity index (χ0v) is 32.9. The van der Waals surface area contributed by atoms with Crippen LogP contribution in [0.3, 0.4) is 0 Å². The minimum Gasteiger partial charge on any atom is -0.465 e. The number of nitrogens with zero attached hydrogens (tertiary/aromatic N) is 2. The van der Waals surface area contributed by atoms with Crippen molar-refractivity contribution in [2.45, 2.75) is 0 Å². The van der Waals surface area contributed by atoms with Gasteiger partial charge in [0.15, 0.2) is 46.5 Å². The summed E-state index contributed by atoms with van der Waals surface area (Å²) in [5, 5.41) is 0. The van der Waals surface area contributed by atoms with Crippen molar-refractivity contribution in [3.63, 3.8) is 0 Å². The maximum absolute atomic E-state index is 15.9. The molecule has 7 aromatic rings. The number of nitrogens with one attached hydrogen (secondary N) is 2. The van der Waals surface area contributed by atoms with Crippen molar-refractivity contribution in [1.29, 1.82) is 0 Å². The molecule has 8 nitrogen and oxygen atoms in total.